The Morgan fingerprint density at radius 3 is 2.36 bits per heavy atom. The molecule has 1 aromatic carbocycles. The third kappa shape index (κ3) is 3.75. The van der Waals surface area contributed by atoms with Crippen molar-refractivity contribution in [1.82, 2.24) is 9.21 Å². The molecule has 2 rings (SSSR count). The van der Waals surface area contributed by atoms with Gasteiger partial charge in [0.1, 0.15) is 0 Å². The van der Waals surface area contributed by atoms with Gasteiger partial charge < -0.3 is 17.3 Å². The van der Waals surface area contributed by atoms with Crippen molar-refractivity contribution in [3.63, 3.8) is 0 Å². The number of para-hydroxylation sites is 1. The molecule has 1 saturated heterocycles. The maximum Gasteiger partial charge on any atom is 0.289 e. The SMILES string of the molecule is CN1CCC(N(C)S(=O)(=O)c2ccccc2[N+](=O)[O-])CC1.[Cl-]. The Kier molecular flexibility index (Phi) is 6.30. The highest BCUT2D eigenvalue weighted by Crippen LogP contribution is 2.28. The smallest absolute Gasteiger partial charge is 0.289 e. The molecule has 0 aliphatic carbocycles. The summed E-state index contributed by atoms with van der Waals surface area (Å²) in [6, 6.07) is 5.36. The van der Waals surface area contributed by atoms with Gasteiger partial charge in [-0.3, -0.25) is 10.1 Å². The fourth-order valence-electron chi connectivity index (χ4n) is 2.54. The van der Waals surface area contributed by atoms with Gasteiger partial charge in [0.2, 0.25) is 10.0 Å². The minimum absolute atomic E-state index is 0. The summed E-state index contributed by atoms with van der Waals surface area (Å²) >= 11 is 0. The predicted octanol–water partition coefficient (Wildman–Crippen LogP) is -1.69. The second-order valence-corrected chi connectivity index (χ2v) is 7.25. The summed E-state index contributed by atoms with van der Waals surface area (Å²) in [6.07, 6.45) is 1.46. The van der Waals surface area contributed by atoms with Crippen molar-refractivity contribution >= 4 is 15.7 Å². The van der Waals surface area contributed by atoms with Crippen LogP contribution in [0.25, 0.3) is 0 Å². The quantitative estimate of drug-likeness (QED) is 0.479. The summed E-state index contributed by atoms with van der Waals surface area (Å²) in [5.74, 6) is 0. The number of piperidine rings is 1. The van der Waals surface area contributed by atoms with Crippen LogP contribution in [0.2, 0.25) is 0 Å². The fraction of sp³-hybridized carbons (Fsp3) is 0.538. The molecule has 1 fully saturated rings. The molecule has 7 nitrogen and oxygen atoms in total. The van der Waals surface area contributed by atoms with Crippen LogP contribution in [-0.4, -0.2) is 55.8 Å². The van der Waals surface area contributed by atoms with Gasteiger partial charge >= 0.3 is 0 Å². The predicted molar refractivity (Wildman–Crippen MR) is 78.6 cm³/mol. The van der Waals surface area contributed by atoms with Gasteiger partial charge in [0, 0.05) is 19.2 Å². The molecule has 1 aliphatic rings. The van der Waals surface area contributed by atoms with E-state index in [-0.39, 0.29) is 29.0 Å². The average Bonchev–Trinajstić information content (AvgIpc) is 2.47. The molecule has 0 saturated carbocycles. The van der Waals surface area contributed by atoms with Gasteiger partial charge in [-0.15, -0.1) is 0 Å². The van der Waals surface area contributed by atoms with Crippen molar-refractivity contribution in [1.29, 1.82) is 0 Å². The summed E-state index contributed by atoms with van der Waals surface area (Å²) in [4.78, 5) is 12.3. The maximum absolute atomic E-state index is 12.6. The number of nitrogens with zero attached hydrogens (tertiary/aromatic N) is 3. The molecule has 0 aromatic heterocycles. The Morgan fingerprint density at radius 2 is 1.82 bits per heavy atom. The number of nitro benzene ring substituents is 1. The number of benzene rings is 1. The van der Waals surface area contributed by atoms with Crippen LogP contribution in [0.5, 0.6) is 0 Å². The number of likely N-dealkylation sites (tertiary alicyclic amines) is 1. The number of sulfonamides is 1. The van der Waals surface area contributed by atoms with Gasteiger partial charge in [-0.1, -0.05) is 12.1 Å². The number of hydrogen-bond acceptors (Lipinski definition) is 5. The summed E-state index contributed by atoms with van der Waals surface area (Å²) in [5.41, 5.74) is -0.378. The van der Waals surface area contributed by atoms with E-state index < -0.39 is 14.9 Å². The second kappa shape index (κ2) is 7.36. The van der Waals surface area contributed by atoms with Crippen LogP contribution in [0, 0.1) is 10.1 Å². The summed E-state index contributed by atoms with van der Waals surface area (Å²) in [6.45, 7) is 1.64. The molecule has 0 amide bonds. The van der Waals surface area contributed by atoms with E-state index in [0.29, 0.717) is 0 Å². The van der Waals surface area contributed by atoms with E-state index in [1.165, 1.54) is 35.6 Å². The first-order valence-electron chi connectivity index (χ1n) is 6.74. The summed E-state index contributed by atoms with van der Waals surface area (Å²) < 4.78 is 26.6. The highest BCUT2D eigenvalue weighted by Gasteiger charge is 2.34. The number of nitro groups is 1. The molecule has 0 radical (unpaired) electrons. The molecule has 22 heavy (non-hydrogen) atoms. The highest BCUT2D eigenvalue weighted by molar-refractivity contribution is 7.89. The molecule has 124 valence electrons. The lowest BCUT2D eigenvalue weighted by Crippen LogP contribution is -3.00. The summed E-state index contributed by atoms with van der Waals surface area (Å²) in [7, 11) is -0.364. The van der Waals surface area contributed by atoms with Crippen LogP contribution in [-0.2, 0) is 10.0 Å². The molecule has 9 heteroatoms. The zero-order chi connectivity index (χ0) is 15.6. The van der Waals surface area contributed by atoms with E-state index in [2.05, 4.69) is 4.90 Å². The minimum Gasteiger partial charge on any atom is -1.00 e. The topological polar surface area (TPSA) is 83.8 Å². The number of hydrogen-bond donors (Lipinski definition) is 0. The molecule has 1 aromatic rings. The maximum atomic E-state index is 12.6. The van der Waals surface area contributed by atoms with E-state index in [4.69, 9.17) is 0 Å². The molecule has 1 heterocycles. The first-order valence-corrected chi connectivity index (χ1v) is 8.18. The lowest BCUT2D eigenvalue weighted by molar-refractivity contribution is -0.387. The first kappa shape index (κ1) is 18.8. The van der Waals surface area contributed by atoms with E-state index in [0.717, 1.165) is 25.9 Å². The molecule has 0 N–H and O–H groups in total. The largest absolute Gasteiger partial charge is 1.00 e. The second-order valence-electron chi connectivity index (χ2n) is 5.28. The third-order valence-electron chi connectivity index (χ3n) is 3.92. The Hall–Kier alpha value is -1.22. The molecular formula is C13H19ClN3O4S-. The van der Waals surface area contributed by atoms with Crippen molar-refractivity contribution < 1.29 is 25.7 Å². The van der Waals surface area contributed by atoms with Gasteiger partial charge in [0.25, 0.3) is 5.69 Å². The lowest BCUT2D eigenvalue weighted by atomic mass is 10.1. The third-order valence-corrected chi connectivity index (χ3v) is 5.88. The Labute approximate surface area is 136 Å². The first-order chi connectivity index (χ1) is 9.84. The minimum atomic E-state index is -3.86. The fourth-order valence-corrected chi connectivity index (χ4v) is 4.11. The average molecular weight is 349 g/mol. The van der Waals surface area contributed by atoms with Crippen LogP contribution >= 0.6 is 0 Å². The zero-order valence-electron chi connectivity index (χ0n) is 12.5. The van der Waals surface area contributed by atoms with Crippen LogP contribution in [0.1, 0.15) is 12.8 Å². The van der Waals surface area contributed by atoms with Crippen molar-refractivity contribution in [3.05, 3.63) is 34.4 Å². The molecule has 0 unspecified atom stereocenters. The van der Waals surface area contributed by atoms with Crippen LogP contribution in [0.4, 0.5) is 5.69 Å². The van der Waals surface area contributed by atoms with Crippen molar-refractivity contribution in [3.8, 4) is 0 Å². The Morgan fingerprint density at radius 1 is 1.27 bits per heavy atom. The van der Waals surface area contributed by atoms with Crippen molar-refractivity contribution in [2.24, 2.45) is 0 Å². The van der Waals surface area contributed by atoms with E-state index >= 15 is 0 Å². The molecular weight excluding hydrogens is 330 g/mol. The normalized spacial score (nSPS) is 17.2. The molecule has 1 aliphatic heterocycles. The van der Waals surface area contributed by atoms with Crippen LogP contribution in [0.3, 0.4) is 0 Å². The standard InChI is InChI=1S/C13H19N3O4S.ClH/c1-14-9-7-11(8-10-14)15(2)21(19,20)13-6-4-3-5-12(13)16(17)18;/h3-6,11H,7-10H2,1-2H3;1H/p-1. The number of rotatable bonds is 4. The van der Waals surface area contributed by atoms with Crippen LogP contribution < -0.4 is 12.4 Å². The lowest BCUT2D eigenvalue weighted by Gasteiger charge is -2.34. The highest BCUT2D eigenvalue weighted by atomic mass is 35.5. The molecule has 0 atom stereocenters. The Bertz CT molecular complexity index is 630. The van der Waals surface area contributed by atoms with Gasteiger partial charge in [-0.05, 0) is 39.0 Å². The molecule has 0 bridgehead atoms. The van der Waals surface area contributed by atoms with Crippen LogP contribution in [0.15, 0.2) is 29.2 Å². The zero-order valence-corrected chi connectivity index (χ0v) is 14.0. The molecule has 0 spiro atoms. The van der Waals surface area contributed by atoms with Gasteiger partial charge in [-0.2, -0.15) is 4.31 Å². The van der Waals surface area contributed by atoms with E-state index in [1.807, 2.05) is 7.05 Å². The van der Waals surface area contributed by atoms with Crippen molar-refractivity contribution in [2.75, 3.05) is 27.2 Å². The Balaban J connectivity index is 0.00000242. The van der Waals surface area contributed by atoms with Gasteiger partial charge in [-0.25, -0.2) is 8.42 Å². The van der Waals surface area contributed by atoms with Gasteiger partial charge in [0.15, 0.2) is 4.90 Å². The van der Waals surface area contributed by atoms with Crippen molar-refractivity contribution in [2.45, 2.75) is 23.8 Å². The van der Waals surface area contributed by atoms with Gasteiger partial charge in [0.05, 0.1) is 4.92 Å². The number of halogens is 1. The monoisotopic (exact) mass is 348 g/mol. The van der Waals surface area contributed by atoms with E-state index in [1.54, 1.807) is 0 Å². The van der Waals surface area contributed by atoms with E-state index in [9.17, 15) is 18.5 Å². The summed E-state index contributed by atoms with van der Waals surface area (Å²) in [5, 5.41) is 11.0.